The summed E-state index contributed by atoms with van der Waals surface area (Å²) in [5, 5.41) is 2.05. The number of hydrogen-bond donors (Lipinski definition) is 1. The summed E-state index contributed by atoms with van der Waals surface area (Å²) in [6.07, 6.45) is 1.12. The average molecular weight is 593 g/mol. The predicted molar refractivity (Wildman–Crippen MR) is 163 cm³/mol. The van der Waals surface area contributed by atoms with Crippen LogP contribution in [0.2, 0.25) is 0 Å². The van der Waals surface area contributed by atoms with Crippen molar-refractivity contribution in [2.45, 2.75) is 71.8 Å². The molecule has 3 atom stereocenters. The third-order valence-electron chi connectivity index (χ3n) is 8.47. The normalized spacial score (nSPS) is 21.2. The summed E-state index contributed by atoms with van der Waals surface area (Å²) in [5.74, 6) is 0.914. The van der Waals surface area contributed by atoms with E-state index in [-0.39, 0.29) is 18.9 Å². The summed E-state index contributed by atoms with van der Waals surface area (Å²) in [6.45, 7) is 8.76. The number of nitrogens with zero attached hydrogens (tertiary/aromatic N) is 3. The van der Waals surface area contributed by atoms with Gasteiger partial charge in [0.25, 0.3) is 5.91 Å². The van der Waals surface area contributed by atoms with Crippen molar-refractivity contribution in [2.75, 3.05) is 13.7 Å². The fraction of sp³-hybridized carbons (Fsp3) is 0.469. The van der Waals surface area contributed by atoms with Crippen LogP contribution in [0.15, 0.2) is 36.5 Å². The van der Waals surface area contributed by atoms with E-state index in [1.165, 1.54) is 17.7 Å². The number of nitrogens with two attached hydrogens (primary N) is 1. The Morgan fingerprint density at radius 2 is 1.98 bits per heavy atom. The zero-order chi connectivity index (χ0) is 29.9. The Kier molecular flexibility index (Phi) is 7.15. The zero-order valence-electron chi connectivity index (χ0n) is 24.6. The number of carbonyl (C=O) groups is 2. The van der Waals surface area contributed by atoms with E-state index in [0.29, 0.717) is 17.2 Å². The summed E-state index contributed by atoms with van der Waals surface area (Å²) in [5.41, 5.74) is 8.39. The fourth-order valence-electron chi connectivity index (χ4n) is 6.53. The van der Waals surface area contributed by atoms with E-state index in [0.717, 1.165) is 43.8 Å². The lowest BCUT2D eigenvalue weighted by Crippen LogP contribution is -2.61. The topological polar surface area (TPSA) is 99.7 Å². The van der Waals surface area contributed by atoms with Crippen LogP contribution in [0, 0.1) is 18.3 Å². The monoisotopic (exact) mass is 592 g/mol. The zero-order valence-corrected chi connectivity index (χ0v) is 25.5. The molecule has 2 amide bonds. The first-order valence-corrected chi connectivity index (χ1v) is 15.2. The largest absolute Gasteiger partial charge is 0.496 e. The molecular weight excluding hydrogens is 555 g/mol. The molecule has 1 aliphatic carbocycles. The van der Waals surface area contributed by atoms with Crippen molar-refractivity contribution in [3.63, 3.8) is 0 Å². The average Bonchev–Trinajstić information content (AvgIpc) is 3.59. The van der Waals surface area contributed by atoms with E-state index in [1.54, 1.807) is 24.5 Å². The molecule has 1 aromatic carbocycles. The van der Waals surface area contributed by atoms with Gasteiger partial charge in [-0.1, -0.05) is 20.8 Å². The number of alkyl halides is 1. The molecule has 42 heavy (non-hydrogen) atoms. The standard InChI is InChI=1S/C32H37FN4O4S/c1-17-26-23(40-5)12-20(30(38)37-16-21(33)14-24(41-31(34)39)28(37)32(2,3)4)13-25(26)42-27(17)22-11-19-7-6-10-35-29(19)36(22)15-18-8-9-18/h6-7,10-13,18,21,24,28H,8-9,14-16H2,1-5H3,(H2,34,39)/t21-,24-,28?/m1/s1. The number of methoxy groups -OCH3 is 1. The van der Waals surface area contributed by atoms with Crippen LogP contribution in [0.5, 0.6) is 5.75 Å². The van der Waals surface area contributed by atoms with Crippen LogP contribution in [0.25, 0.3) is 31.7 Å². The van der Waals surface area contributed by atoms with Crippen molar-refractivity contribution >= 4 is 44.5 Å². The molecule has 2 aliphatic rings. The molecule has 2 fully saturated rings. The van der Waals surface area contributed by atoms with Crippen molar-refractivity contribution in [1.29, 1.82) is 0 Å². The molecule has 10 heteroatoms. The van der Waals surface area contributed by atoms with E-state index < -0.39 is 29.8 Å². The maximum absolute atomic E-state index is 15.0. The van der Waals surface area contributed by atoms with Crippen LogP contribution in [-0.4, -0.2) is 58.4 Å². The smallest absolute Gasteiger partial charge is 0.404 e. The van der Waals surface area contributed by atoms with Crippen molar-refractivity contribution in [1.82, 2.24) is 14.5 Å². The number of ether oxygens (including phenoxy) is 2. The van der Waals surface area contributed by atoms with E-state index >= 15 is 0 Å². The van der Waals surface area contributed by atoms with Crippen molar-refractivity contribution < 1.29 is 23.5 Å². The molecule has 4 heterocycles. The van der Waals surface area contributed by atoms with Crippen LogP contribution < -0.4 is 10.5 Å². The lowest BCUT2D eigenvalue weighted by molar-refractivity contribution is -0.0570. The van der Waals surface area contributed by atoms with Crippen LogP contribution in [0.1, 0.15) is 56.0 Å². The molecule has 4 aromatic rings. The Hall–Kier alpha value is -3.66. The molecule has 0 bridgehead atoms. The maximum atomic E-state index is 15.0. The summed E-state index contributed by atoms with van der Waals surface area (Å²) in [7, 11) is 1.60. The molecule has 1 aliphatic heterocycles. The fourth-order valence-corrected chi connectivity index (χ4v) is 7.82. The molecule has 1 unspecified atom stereocenters. The molecule has 3 aromatic heterocycles. The van der Waals surface area contributed by atoms with Crippen LogP contribution >= 0.6 is 11.3 Å². The van der Waals surface area contributed by atoms with Gasteiger partial charge in [-0.25, -0.2) is 14.2 Å². The minimum Gasteiger partial charge on any atom is -0.496 e. The molecule has 6 rings (SSSR count). The number of aryl methyl sites for hydroxylation is 1. The number of rotatable bonds is 6. The lowest BCUT2D eigenvalue weighted by Gasteiger charge is -2.48. The Labute approximate surface area is 248 Å². The number of halogens is 1. The highest BCUT2D eigenvalue weighted by molar-refractivity contribution is 7.22. The first kappa shape index (κ1) is 28.5. The quantitative estimate of drug-likeness (QED) is 0.268. The Morgan fingerprint density at radius 1 is 1.21 bits per heavy atom. The Morgan fingerprint density at radius 3 is 2.64 bits per heavy atom. The first-order chi connectivity index (χ1) is 20.0. The number of pyridine rings is 1. The Bertz CT molecular complexity index is 1690. The van der Waals surface area contributed by atoms with E-state index in [2.05, 4.69) is 23.6 Å². The molecule has 1 saturated carbocycles. The second-order valence-electron chi connectivity index (χ2n) is 12.7. The number of aromatic nitrogens is 2. The van der Waals surface area contributed by atoms with E-state index in [1.807, 2.05) is 39.1 Å². The molecule has 0 radical (unpaired) electrons. The van der Waals surface area contributed by atoms with Gasteiger partial charge in [-0.15, -0.1) is 11.3 Å². The van der Waals surface area contributed by atoms with Gasteiger partial charge in [-0.3, -0.25) is 4.79 Å². The molecule has 8 nitrogen and oxygen atoms in total. The van der Waals surface area contributed by atoms with Gasteiger partial charge in [0.15, 0.2) is 0 Å². The molecule has 222 valence electrons. The second-order valence-corrected chi connectivity index (χ2v) is 13.7. The number of hydrogen-bond acceptors (Lipinski definition) is 6. The number of thiophene rings is 1. The van der Waals surface area contributed by atoms with Gasteiger partial charge in [0.2, 0.25) is 0 Å². The van der Waals surface area contributed by atoms with Crippen molar-refractivity contribution in [3.05, 3.63) is 47.7 Å². The molecule has 2 N–H and O–H groups in total. The van der Waals surface area contributed by atoms with Gasteiger partial charge in [0.1, 0.15) is 23.7 Å². The second kappa shape index (κ2) is 10.6. The van der Waals surface area contributed by atoms with Crippen molar-refractivity contribution in [3.8, 4) is 16.3 Å². The summed E-state index contributed by atoms with van der Waals surface area (Å²) < 4.78 is 29.4. The number of piperidine rings is 1. The van der Waals surface area contributed by atoms with E-state index in [9.17, 15) is 14.0 Å². The number of carbonyl (C=O) groups excluding carboxylic acids is 2. The van der Waals surface area contributed by atoms with E-state index in [4.69, 9.17) is 20.2 Å². The van der Waals surface area contributed by atoms with Gasteiger partial charge in [-0.2, -0.15) is 0 Å². The minimum atomic E-state index is -1.35. The first-order valence-electron chi connectivity index (χ1n) is 14.4. The number of primary amides is 1. The maximum Gasteiger partial charge on any atom is 0.404 e. The van der Waals surface area contributed by atoms with Gasteiger partial charge < -0.3 is 24.7 Å². The van der Waals surface area contributed by atoms with Crippen molar-refractivity contribution in [2.24, 2.45) is 17.1 Å². The predicted octanol–water partition coefficient (Wildman–Crippen LogP) is 6.71. The van der Waals surface area contributed by atoms with Gasteiger partial charge >= 0.3 is 6.09 Å². The van der Waals surface area contributed by atoms with Gasteiger partial charge in [0, 0.05) is 40.2 Å². The summed E-state index contributed by atoms with van der Waals surface area (Å²) in [4.78, 5) is 33.1. The highest BCUT2D eigenvalue weighted by Gasteiger charge is 2.47. The lowest BCUT2D eigenvalue weighted by atomic mass is 9.78. The highest BCUT2D eigenvalue weighted by Crippen LogP contribution is 2.46. The molecule has 1 saturated heterocycles. The van der Waals surface area contributed by atoms with Crippen LogP contribution in [0.3, 0.4) is 0 Å². The number of likely N-dealkylation sites (tertiary alicyclic amines) is 1. The molecular formula is C32H37FN4O4S. The highest BCUT2D eigenvalue weighted by atomic mass is 32.1. The number of amides is 2. The third kappa shape index (κ3) is 5.10. The number of fused-ring (bicyclic) bond motifs is 2. The third-order valence-corrected chi connectivity index (χ3v) is 9.73. The van der Waals surface area contributed by atoms with Crippen LogP contribution in [-0.2, 0) is 11.3 Å². The van der Waals surface area contributed by atoms with Crippen LogP contribution in [0.4, 0.5) is 9.18 Å². The molecule has 0 spiro atoms. The minimum absolute atomic E-state index is 0.00575. The van der Waals surface area contributed by atoms with Gasteiger partial charge in [0.05, 0.1) is 30.3 Å². The number of benzene rings is 1. The SMILES string of the molecule is COc1cc(C(=O)N2C[C@H](F)C[C@@H](OC(N)=O)C2C(C)(C)C)cc2sc(-c3cc4cccnc4n3CC3CC3)c(C)c12. The summed E-state index contributed by atoms with van der Waals surface area (Å²) >= 11 is 1.62. The summed E-state index contributed by atoms with van der Waals surface area (Å²) in [6, 6.07) is 9.30. The Balaban J connectivity index is 1.45. The van der Waals surface area contributed by atoms with Gasteiger partial charge in [-0.05, 0) is 67.0 Å².